The SMILES string of the molecule is CC(=O)C1=C(O)CC(C2CCCSC2)CC1=O. The van der Waals surface area contributed by atoms with Gasteiger partial charge < -0.3 is 5.11 Å². The third-order valence-electron chi connectivity index (χ3n) is 3.68. The highest BCUT2D eigenvalue weighted by atomic mass is 32.2. The minimum Gasteiger partial charge on any atom is -0.511 e. The fraction of sp³-hybridized carbons (Fsp3) is 0.692. The van der Waals surface area contributed by atoms with E-state index in [2.05, 4.69) is 0 Å². The summed E-state index contributed by atoms with van der Waals surface area (Å²) in [4.78, 5) is 23.1. The number of Topliss-reactive ketones (excluding diaryl/α,β-unsaturated/α-hetero) is 2. The molecule has 0 aromatic carbocycles. The minimum absolute atomic E-state index is 0.0225. The highest BCUT2D eigenvalue weighted by Gasteiger charge is 2.34. The molecule has 4 heteroatoms. The van der Waals surface area contributed by atoms with Crippen LogP contribution in [0.25, 0.3) is 0 Å². The predicted octanol–water partition coefficient (Wildman–Crippen LogP) is 2.51. The summed E-state index contributed by atoms with van der Waals surface area (Å²) >= 11 is 1.93. The highest BCUT2D eigenvalue weighted by Crippen LogP contribution is 2.37. The van der Waals surface area contributed by atoms with E-state index in [1.54, 1.807) is 0 Å². The van der Waals surface area contributed by atoms with Crippen LogP contribution >= 0.6 is 11.8 Å². The average Bonchev–Trinajstić information content (AvgIpc) is 2.28. The van der Waals surface area contributed by atoms with Gasteiger partial charge in [-0.05, 0) is 43.1 Å². The summed E-state index contributed by atoms with van der Waals surface area (Å²) in [7, 11) is 0. The highest BCUT2D eigenvalue weighted by molar-refractivity contribution is 7.99. The van der Waals surface area contributed by atoms with Gasteiger partial charge in [-0.1, -0.05) is 0 Å². The molecule has 0 spiro atoms. The van der Waals surface area contributed by atoms with Crippen LogP contribution in [-0.4, -0.2) is 28.2 Å². The number of ketones is 2. The molecule has 0 radical (unpaired) electrons. The molecule has 0 aromatic heterocycles. The van der Waals surface area contributed by atoms with Gasteiger partial charge in [0.1, 0.15) is 5.76 Å². The van der Waals surface area contributed by atoms with Crippen LogP contribution < -0.4 is 0 Å². The lowest BCUT2D eigenvalue weighted by Crippen LogP contribution is -2.30. The van der Waals surface area contributed by atoms with Gasteiger partial charge in [-0.3, -0.25) is 9.59 Å². The van der Waals surface area contributed by atoms with Gasteiger partial charge in [-0.2, -0.15) is 11.8 Å². The quantitative estimate of drug-likeness (QED) is 0.769. The molecular weight excluding hydrogens is 236 g/mol. The van der Waals surface area contributed by atoms with Gasteiger partial charge in [-0.25, -0.2) is 0 Å². The molecule has 0 bridgehead atoms. The van der Waals surface area contributed by atoms with Crippen LogP contribution in [0.5, 0.6) is 0 Å². The van der Waals surface area contributed by atoms with Crippen LogP contribution in [0, 0.1) is 11.8 Å². The second-order valence-electron chi connectivity index (χ2n) is 4.95. The van der Waals surface area contributed by atoms with E-state index in [9.17, 15) is 14.7 Å². The Morgan fingerprint density at radius 1 is 1.35 bits per heavy atom. The van der Waals surface area contributed by atoms with Crippen molar-refractivity contribution in [1.82, 2.24) is 0 Å². The Kier molecular flexibility index (Phi) is 3.92. The molecule has 2 aliphatic rings. The van der Waals surface area contributed by atoms with Crippen LogP contribution in [-0.2, 0) is 9.59 Å². The van der Waals surface area contributed by atoms with Crippen LogP contribution in [0.3, 0.4) is 0 Å². The number of carbonyl (C=O) groups excluding carboxylic acids is 2. The molecule has 1 aliphatic heterocycles. The van der Waals surface area contributed by atoms with Gasteiger partial charge in [0, 0.05) is 12.8 Å². The van der Waals surface area contributed by atoms with Crippen molar-refractivity contribution in [2.24, 2.45) is 11.8 Å². The standard InChI is InChI=1S/C13H18O3S/c1-8(14)13-11(15)5-10(6-12(13)16)9-3-2-4-17-7-9/h9-10,15H,2-7H2,1H3. The molecule has 1 saturated heterocycles. The Hall–Kier alpha value is -0.770. The van der Waals surface area contributed by atoms with Crippen molar-refractivity contribution in [3.63, 3.8) is 0 Å². The van der Waals surface area contributed by atoms with Crippen molar-refractivity contribution in [2.75, 3.05) is 11.5 Å². The lowest BCUT2D eigenvalue weighted by molar-refractivity contribution is -0.122. The van der Waals surface area contributed by atoms with Crippen LogP contribution in [0.15, 0.2) is 11.3 Å². The van der Waals surface area contributed by atoms with Crippen LogP contribution in [0.1, 0.15) is 32.6 Å². The molecule has 0 amide bonds. The number of rotatable bonds is 2. The molecule has 94 valence electrons. The largest absolute Gasteiger partial charge is 0.511 e. The van der Waals surface area contributed by atoms with E-state index in [-0.39, 0.29) is 28.8 Å². The molecule has 2 unspecified atom stereocenters. The summed E-state index contributed by atoms with van der Waals surface area (Å²) in [6.45, 7) is 1.35. The lowest BCUT2D eigenvalue weighted by Gasteiger charge is -2.32. The maximum absolute atomic E-state index is 11.9. The summed E-state index contributed by atoms with van der Waals surface area (Å²) in [5, 5.41) is 9.84. The first kappa shape index (κ1) is 12.7. The third-order valence-corrected chi connectivity index (χ3v) is 4.93. The van der Waals surface area contributed by atoms with Crippen LogP contribution in [0.2, 0.25) is 0 Å². The van der Waals surface area contributed by atoms with Crippen molar-refractivity contribution in [3.8, 4) is 0 Å². The first-order chi connectivity index (χ1) is 8.09. The Bertz CT molecular complexity index is 367. The second kappa shape index (κ2) is 5.25. The lowest BCUT2D eigenvalue weighted by atomic mass is 9.77. The Morgan fingerprint density at radius 3 is 2.65 bits per heavy atom. The molecule has 0 aromatic rings. The molecule has 1 fully saturated rings. The smallest absolute Gasteiger partial charge is 0.170 e. The van der Waals surface area contributed by atoms with Gasteiger partial charge in [0.05, 0.1) is 5.57 Å². The Morgan fingerprint density at radius 2 is 2.12 bits per heavy atom. The fourth-order valence-corrected chi connectivity index (χ4v) is 4.07. The van der Waals surface area contributed by atoms with Gasteiger partial charge >= 0.3 is 0 Å². The van der Waals surface area contributed by atoms with Crippen molar-refractivity contribution in [2.45, 2.75) is 32.6 Å². The van der Waals surface area contributed by atoms with Gasteiger partial charge in [0.2, 0.25) is 0 Å². The molecule has 2 atom stereocenters. The van der Waals surface area contributed by atoms with E-state index >= 15 is 0 Å². The summed E-state index contributed by atoms with van der Waals surface area (Å²) in [6.07, 6.45) is 3.29. The van der Waals surface area contributed by atoms with Gasteiger partial charge in [0.15, 0.2) is 11.6 Å². The zero-order valence-electron chi connectivity index (χ0n) is 10.1. The maximum Gasteiger partial charge on any atom is 0.170 e. The van der Waals surface area contributed by atoms with Crippen molar-refractivity contribution >= 4 is 23.3 Å². The van der Waals surface area contributed by atoms with Gasteiger partial charge in [-0.15, -0.1) is 0 Å². The first-order valence-electron chi connectivity index (χ1n) is 6.13. The Balaban J connectivity index is 2.11. The monoisotopic (exact) mass is 254 g/mol. The van der Waals surface area contributed by atoms with Crippen LogP contribution in [0.4, 0.5) is 0 Å². The normalized spacial score (nSPS) is 30.5. The third kappa shape index (κ3) is 2.73. The van der Waals surface area contributed by atoms with E-state index in [1.165, 1.54) is 19.1 Å². The average molecular weight is 254 g/mol. The molecule has 3 nitrogen and oxygen atoms in total. The van der Waals surface area contributed by atoms with Gasteiger partial charge in [0.25, 0.3) is 0 Å². The summed E-state index contributed by atoms with van der Waals surface area (Å²) in [5.41, 5.74) is 0.0460. The topological polar surface area (TPSA) is 54.4 Å². The number of allylic oxidation sites excluding steroid dienone is 2. The van der Waals surface area contributed by atoms with E-state index in [0.29, 0.717) is 18.8 Å². The van der Waals surface area contributed by atoms with Crippen molar-refractivity contribution in [1.29, 1.82) is 0 Å². The molecule has 2 rings (SSSR count). The van der Waals surface area contributed by atoms with E-state index < -0.39 is 0 Å². The zero-order valence-corrected chi connectivity index (χ0v) is 10.9. The number of aliphatic hydroxyl groups excluding tert-OH is 1. The van der Waals surface area contributed by atoms with Crippen molar-refractivity contribution < 1.29 is 14.7 Å². The maximum atomic E-state index is 11.9. The fourth-order valence-electron chi connectivity index (χ4n) is 2.79. The minimum atomic E-state index is -0.302. The molecule has 0 saturated carbocycles. The summed E-state index contributed by atoms with van der Waals surface area (Å²) in [6, 6.07) is 0. The number of carbonyl (C=O) groups is 2. The zero-order chi connectivity index (χ0) is 12.4. The summed E-state index contributed by atoms with van der Waals surface area (Å²) in [5.74, 6) is 2.60. The predicted molar refractivity (Wildman–Crippen MR) is 68.1 cm³/mol. The van der Waals surface area contributed by atoms with Crippen molar-refractivity contribution in [3.05, 3.63) is 11.3 Å². The number of aliphatic hydroxyl groups is 1. The molecule has 1 aliphatic carbocycles. The van der Waals surface area contributed by atoms with E-state index in [1.807, 2.05) is 11.8 Å². The number of hydrogen-bond acceptors (Lipinski definition) is 4. The summed E-state index contributed by atoms with van der Waals surface area (Å²) < 4.78 is 0. The molecule has 17 heavy (non-hydrogen) atoms. The number of hydrogen-bond donors (Lipinski definition) is 1. The Labute approximate surface area is 106 Å². The second-order valence-corrected chi connectivity index (χ2v) is 6.10. The first-order valence-corrected chi connectivity index (χ1v) is 7.29. The molecular formula is C13H18O3S. The van der Waals surface area contributed by atoms with E-state index in [0.717, 1.165) is 12.2 Å². The molecule has 1 N–H and O–H groups in total. The number of thioether (sulfide) groups is 1. The molecule has 1 heterocycles. The van der Waals surface area contributed by atoms with E-state index in [4.69, 9.17) is 0 Å².